The van der Waals surface area contributed by atoms with Crippen LogP contribution in [0.3, 0.4) is 0 Å². The zero-order chi connectivity index (χ0) is 17.8. The molecule has 1 heterocycles. The number of ketones is 1. The molecule has 0 aliphatic rings. The number of benzene rings is 2. The maximum absolute atomic E-state index is 12.9. The van der Waals surface area contributed by atoms with Gasteiger partial charge in [-0.05, 0) is 60.7 Å². The van der Waals surface area contributed by atoms with Gasteiger partial charge >= 0.3 is 5.97 Å². The van der Waals surface area contributed by atoms with E-state index in [4.69, 9.17) is 16.3 Å². The van der Waals surface area contributed by atoms with Crippen molar-refractivity contribution in [3.05, 3.63) is 94.5 Å². The molecule has 0 unspecified atom stereocenters. The van der Waals surface area contributed by atoms with Crippen molar-refractivity contribution in [1.82, 2.24) is 4.98 Å². The number of halogens is 2. The van der Waals surface area contributed by atoms with E-state index in [1.54, 1.807) is 0 Å². The van der Waals surface area contributed by atoms with Crippen LogP contribution >= 0.6 is 11.6 Å². The fraction of sp³-hybridized carbons (Fsp3) is 0. The summed E-state index contributed by atoms with van der Waals surface area (Å²) >= 11 is 5.74. The summed E-state index contributed by atoms with van der Waals surface area (Å²) in [6.07, 6.45) is 1.41. The summed E-state index contributed by atoms with van der Waals surface area (Å²) < 4.78 is 18.1. The zero-order valence-corrected chi connectivity index (χ0v) is 13.5. The number of esters is 1. The van der Waals surface area contributed by atoms with Crippen LogP contribution in [0.2, 0.25) is 5.15 Å². The molecule has 0 saturated heterocycles. The summed E-state index contributed by atoms with van der Waals surface area (Å²) in [5, 5.41) is 0.190. The van der Waals surface area contributed by atoms with E-state index in [0.29, 0.717) is 11.1 Å². The Hall–Kier alpha value is -3.05. The van der Waals surface area contributed by atoms with Crippen LogP contribution in [-0.2, 0) is 0 Å². The van der Waals surface area contributed by atoms with Crippen molar-refractivity contribution in [2.24, 2.45) is 0 Å². The second kappa shape index (κ2) is 7.23. The van der Waals surface area contributed by atoms with Crippen molar-refractivity contribution in [1.29, 1.82) is 0 Å². The van der Waals surface area contributed by atoms with Crippen LogP contribution in [0.5, 0.6) is 5.75 Å². The summed E-state index contributed by atoms with van der Waals surface area (Å²) in [6, 6.07) is 14.3. The van der Waals surface area contributed by atoms with Gasteiger partial charge in [-0.25, -0.2) is 14.2 Å². The minimum atomic E-state index is -0.582. The highest BCUT2D eigenvalue weighted by atomic mass is 35.5. The first-order valence-electron chi connectivity index (χ1n) is 7.27. The molecule has 0 N–H and O–H groups in total. The molecule has 0 radical (unpaired) electrons. The predicted octanol–water partition coefficient (Wildman–Crippen LogP) is 4.32. The van der Waals surface area contributed by atoms with Gasteiger partial charge in [0.25, 0.3) is 0 Å². The summed E-state index contributed by atoms with van der Waals surface area (Å²) in [5.41, 5.74) is 1.04. The number of aromatic nitrogens is 1. The number of carbonyl (C=O) groups is 2. The molecule has 0 aliphatic heterocycles. The van der Waals surface area contributed by atoms with Crippen molar-refractivity contribution in [2.75, 3.05) is 0 Å². The Bertz CT molecular complexity index is 924. The SMILES string of the molecule is O=C(Oc1ccc(C(=O)c2ccc(F)cc2)cc1)c1ccnc(Cl)c1. The molecule has 0 bridgehead atoms. The number of hydrogen-bond acceptors (Lipinski definition) is 4. The van der Waals surface area contributed by atoms with E-state index in [0.717, 1.165) is 0 Å². The molecule has 0 saturated carbocycles. The molecule has 6 heteroatoms. The molecule has 0 fully saturated rings. The summed E-state index contributed by atoms with van der Waals surface area (Å²) in [6.45, 7) is 0. The van der Waals surface area contributed by atoms with Crippen molar-refractivity contribution in [3.63, 3.8) is 0 Å². The van der Waals surface area contributed by atoms with E-state index in [1.807, 2.05) is 0 Å². The molecule has 25 heavy (non-hydrogen) atoms. The predicted molar refractivity (Wildman–Crippen MR) is 90.5 cm³/mol. The van der Waals surface area contributed by atoms with Crippen LogP contribution in [0.15, 0.2) is 66.9 Å². The van der Waals surface area contributed by atoms with Crippen molar-refractivity contribution in [3.8, 4) is 5.75 Å². The van der Waals surface area contributed by atoms with Crippen molar-refractivity contribution >= 4 is 23.4 Å². The highest BCUT2D eigenvalue weighted by molar-refractivity contribution is 6.29. The Kier molecular flexibility index (Phi) is 4.86. The zero-order valence-electron chi connectivity index (χ0n) is 12.8. The topological polar surface area (TPSA) is 56.3 Å². The Morgan fingerprint density at radius 3 is 2.08 bits per heavy atom. The van der Waals surface area contributed by atoms with Gasteiger partial charge in [0, 0.05) is 17.3 Å². The molecular formula is C19H11ClFNO3. The van der Waals surface area contributed by atoms with E-state index >= 15 is 0 Å². The molecule has 3 rings (SSSR count). The minimum Gasteiger partial charge on any atom is -0.423 e. The van der Waals surface area contributed by atoms with E-state index in [1.165, 1.54) is 66.9 Å². The molecular weight excluding hydrogens is 345 g/mol. The van der Waals surface area contributed by atoms with Crippen LogP contribution in [0.25, 0.3) is 0 Å². The summed E-state index contributed by atoms with van der Waals surface area (Å²) in [5.74, 6) is -0.954. The average Bonchev–Trinajstić information content (AvgIpc) is 2.62. The Morgan fingerprint density at radius 1 is 0.880 bits per heavy atom. The lowest BCUT2D eigenvalue weighted by atomic mass is 10.0. The molecule has 124 valence electrons. The highest BCUT2D eigenvalue weighted by Crippen LogP contribution is 2.18. The molecule has 1 aromatic heterocycles. The van der Waals surface area contributed by atoms with Gasteiger partial charge in [0.05, 0.1) is 5.56 Å². The van der Waals surface area contributed by atoms with E-state index in [2.05, 4.69) is 4.98 Å². The highest BCUT2D eigenvalue weighted by Gasteiger charge is 2.12. The first kappa shape index (κ1) is 16.8. The molecule has 4 nitrogen and oxygen atoms in total. The minimum absolute atomic E-state index is 0.190. The van der Waals surface area contributed by atoms with Crippen LogP contribution in [0.1, 0.15) is 26.3 Å². The monoisotopic (exact) mass is 355 g/mol. The van der Waals surface area contributed by atoms with Gasteiger partial charge < -0.3 is 4.74 Å². The summed E-state index contributed by atoms with van der Waals surface area (Å²) in [7, 11) is 0. The standard InChI is InChI=1S/C19H11ClFNO3/c20-17-11-14(9-10-22-17)19(24)25-16-7-3-13(4-8-16)18(23)12-1-5-15(21)6-2-12/h1-11H. The average molecular weight is 356 g/mol. The second-order valence-corrected chi connectivity index (χ2v) is 5.50. The molecule has 0 amide bonds. The Morgan fingerprint density at radius 2 is 1.48 bits per heavy atom. The van der Waals surface area contributed by atoms with Crippen molar-refractivity contribution in [2.45, 2.75) is 0 Å². The largest absolute Gasteiger partial charge is 0.423 e. The van der Waals surface area contributed by atoms with Crippen molar-refractivity contribution < 1.29 is 18.7 Å². The van der Waals surface area contributed by atoms with E-state index in [9.17, 15) is 14.0 Å². The van der Waals surface area contributed by atoms with Gasteiger partial charge in [-0.15, -0.1) is 0 Å². The van der Waals surface area contributed by atoms with Gasteiger partial charge in [0.1, 0.15) is 16.7 Å². The normalized spacial score (nSPS) is 10.3. The maximum Gasteiger partial charge on any atom is 0.343 e. The third kappa shape index (κ3) is 4.08. The van der Waals surface area contributed by atoms with Crippen LogP contribution < -0.4 is 4.74 Å². The van der Waals surface area contributed by atoms with Crippen LogP contribution in [0.4, 0.5) is 4.39 Å². The Balaban J connectivity index is 1.73. The number of carbonyl (C=O) groups excluding carboxylic acids is 2. The molecule has 0 aliphatic carbocycles. The third-order valence-corrected chi connectivity index (χ3v) is 3.60. The molecule has 0 spiro atoms. The van der Waals surface area contributed by atoms with E-state index in [-0.39, 0.29) is 22.2 Å². The Labute approximate surface area is 147 Å². The van der Waals surface area contributed by atoms with E-state index < -0.39 is 11.8 Å². The number of pyridine rings is 1. The second-order valence-electron chi connectivity index (χ2n) is 5.12. The van der Waals surface area contributed by atoms with Crippen LogP contribution in [0, 0.1) is 5.82 Å². The maximum atomic E-state index is 12.9. The first-order valence-corrected chi connectivity index (χ1v) is 7.65. The van der Waals surface area contributed by atoms with Gasteiger partial charge in [-0.1, -0.05) is 11.6 Å². The number of ether oxygens (including phenoxy) is 1. The number of nitrogens with zero attached hydrogens (tertiary/aromatic N) is 1. The number of rotatable bonds is 4. The molecule has 2 aromatic carbocycles. The lowest BCUT2D eigenvalue weighted by Crippen LogP contribution is -2.09. The lowest BCUT2D eigenvalue weighted by molar-refractivity contribution is 0.0734. The smallest absolute Gasteiger partial charge is 0.343 e. The number of hydrogen-bond donors (Lipinski definition) is 0. The summed E-state index contributed by atoms with van der Waals surface area (Å²) in [4.78, 5) is 28.1. The fourth-order valence-corrected chi connectivity index (χ4v) is 2.31. The fourth-order valence-electron chi connectivity index (χ4n) is 2.14. The van der Waals surface area contributed by atoms with Gasteiger partial charge in [-0.2, -0.15) is 0 Å². The quantitative estimate of drug-likeness (QED) is 0.302. The lowest BCUT2D eigenvalue weighted by Gasteiger charge is -2.06. The van der Waals surface area contributed by atoms with Gasteiger partial charge in [0.15, 0.2) is 5.78 Å². The first-order chi connectivity index (χ1) is 12.0. The molecule has 0 atom stereocenters. The van der Waals surface area contributed by atoms with Gasteiger partial charge in [-0.3, -0.25) is 4.79 Å². The molecule has 3 aromatic rings. The third-order valence-electron chi connectivity index (χ3n) is 3.40. The van der Waals surface area contributed by atoms with Crippen LogP contribution in [-0.4, -0.2) is 16.7 Å². The van der Waals surface area contributed by atoms with Gasteiger partial charge in [0.2, 0.25) is 0 Å².